The van der Waals surface area contributed by atoms with Crippen molar-refractivity contribution in [1.82, 2.24) is 4.90 Å². The Morgan fingerprint density at radius 1 is 1.12 bits per heavy atom. The Bertz CT molecular complexity index is 483. The lowest BCUT2D eigenvalue weighted by atomic mass is 10.0. The lowest BCUT2D eigenvalue weighted by Crippen LogP contribution is -2.32. The summed E-state index contributed by atoms with van der Waals surface area (Å²) in [6.45, 7) is 5.94. The largest absolute Gasteiger partial charge is 0.335 e. The molecule has 0 heterocycles. The van der Waals surface area contributed by atoms with E-state index >= 15 is 0 Å². The van der Waals surface area contributed by atoms with E-state index in [1.807, 2.05) is 0 Å². The van der Waals surface area contributed by atoms with Gasteiger partial charge in [-0.1, -0.05) is 51.0 Å². The van der Waals surface area contributed by atoms with Crippen LogP contribution in [0.4, 0.5) is 0 Å². The average molecular weight is 353 g/mol. The summed E-state index contributed by atoms with van der Waals surface area (Å²) in [7, 11) is 0. The van der Waals surface area contributed by atoms with Crippen LogP contribution in [0, 0.1) is 0 Å². The molecule has 1 aromatic carbocycles. The molecule has 4 heteroatoms. The monoisotopic (exact) mass is 352 g/mol. The Balaban J connectivity index is 0.00000288. The minimum Gasteiger partial charge on any atom is -0.335 e. The van der Waals surface area contributed by atoms with Crippen LogP contribution in [0.5, 0.6) is 0 Å². The summed E-state index contributed by atoms with van der Waals surface area (Å²) < 4.78 is 0. The van der Waals surface area contributed by atoms with Gasteiger partial charge in [0.1, 0.15) is 0 Å². The Hall–Kier alpha value is -1.06. The Morgan fingerprint density at radius 3 is 2.29 bits per heavy atom. The van der Waals surface area contributed by atoms with Crippen LogP contribution < -0.4 is 5.73 Å². The molecule has 24 heavy (non-hydrogen) atoms. The number of hydrogen-bond acceptors (Lipinski definition) is 2. The maximum atomic E-state index is 12.5. The first-order valence-corrected chi connectivity index (χ1v) is 9.20. The zero-order chi connectivity index (χ0) is 16.7. The fraction of sp³-hybridized carbons (Fsp3) is 0.650. The van der Waals surface area contributed by atoms with Crippen LogP contribution in [0.2, 0.25) is 0 Å². The second-order valence-corrected chi connectivity index (χ2v) is 7.10. The molecule has 0 saturated heterocycles. The molecule has 3 nitrogen and oxygen atoms in total. The van der Waals surface area contributed by atoms with Gasteiger partial charge < -0.3 is 10.6 Å². The summed E-state index contributed by atoms with van der Waals surface area (Å²) in [6, 6.07) is 9.24. The fourth-order valence-corrected chi connectivity index (χ4v) is 2.93. The topological polar surface area (TPSA) is 46.3 Å². The summed E-state index contributed by atoms with van der Waals surface area (Å²) in [5.41, 5.74) is 8.11. The number of carbonyl (C=O) groups is 1. The van der Waals surface area contributed by atoms with Gasteiger partial charge in [0.25, 0.3) is 0 Å². The van der Waals surface area contributed by atoms with Gasteiger partial charge in [-0.05, 0) is 49.3 Å². The van der Waals surface area contributed by atoms with Crippen LogP contribution in [0.15, 0.2) is 24.3 Å². The molecule has 0 spiro atoms. The van der Waals surface area contributed by atoms with Crippen LogP contribution in [-0.4, -0.2) is 23.4 Å². The molecule has 1 fully saturated rings. The van der Waals surface area contributed by atoms with E-state index in [2.05, 4.69) is 43.0 Å². The van der Waals surface area contributed by atoms with Gasteiger partial charge in [-0.3, -0.25) is 4.79 Å². The summed E-state index contributed by atoms with van der Waals surface area (Å²) in [5, 5.41) is 0. The van der Waals surface area contributed by atoms with Gasteiger partial charge in [0.05, 0.1) is 0 Å². The predicted molar refractivity (Wildman–Crippen MR) is 103 cm³/mol. The number of nitrogens with two attached hydrogens (primary N) is 1. The molecule has 0 bridgehead atoms. The molecular weight excluding hydrogens is 320 g/mol. The van der Waals surface area contributed by atoms with Crippen LogP contribution >= 0.6 is 12.4 Å². The highest BCUT2D eigenvalue weighted by molar-refractivity contribution is 5.85. The number of nitrogens with zero attached hydrogens (tertiary/aromatic N) is 1. The number of hydrogen-bond donors (Lipinski definition) is 1. The molecule has 1 aromatic rings. The summed E-state index contributed by atoms with van der Waals surface area (Å²) >= 11 is 0. The standard InChI is InChI=1S/C20H32N2O.ClH/c1-16(2)18-10-8-17(9-11-18)15-22(19-12-13-19)20(23)7-5-3-4-6-14-21;/h8-11,16,19H,3-7,12-15,21H2,1-2H3;1H. The SMILES string of the molecule is CC(C)c1ccc(CN(C(=O)CCCCCCN)C2CC2)cc1.Cl. The number of unbranched alkanes of at least 4 members (excludes halogenated alkanes) is 3. The Labute approximate surface area is 153 Å². The highest BCUT2D eigenvalue weighted by atomic mass is 35.5. The fourth-order valence-electron chi connectivity index (χ4n) is 2.93. The van der Waals surface area contributed by atoms with Crippen molar-refractivity contribution in [2.75, 3.05) is 6.54 Å². The normalized spacial score (nSPS) is 13.7. The third kappa shape index (κ3) is 6.82. The van der Waals surface area contributed by atoms with E-state index < -0.39 is 0 Å². The second-order valence-electron chi connectivity index (χ2n) is 7.10. The van der Waals surface area contributed by atoms with E-state index in [9.17, 15) is 4.79 Å². The Morgan fingerprint density at radius 2 is 1.75 bits per heavy atom. The summed E-state index contributed by atoms with van der Waals surface area (Å²) in [5.74, 6) is 0.881. The smallest absolute Gasteiger partial charge is 0.223 e. The Kier molecular flexibility index (Phi) is 9.38. The molecule has 1 aliphatic carbocycles. The number of amides is 1. The van der Waals surface area contributed by atoms with Crippen molar-refractivity contribution in [3.8, 4) is 0 Å². The van der Waals surface area contributed by atoms with Crippen molar-refractivity contribution in [2.24, 2.45) is 5.73 Å². The van der Waals surface area contributed by atoms with Gasteiger partial charge in [-0.2, -0.15) is 0 Å². The lowest BCUT2D eigenvalue weighted by molar-refractivity contribution is -0.132. The molecule has 136 valence electrons. The van der Waals surface area contributed by atoms with Gasteiger partial charge in [0, 0.05) is 19.0 Å². The molecule has 2 N–H and O–H groups in total. The maximum Gasteiger partial charge on any atom is 0.223 e. The molecule has 1 aliphatic rings. The summed E-state index contributed by atoms with van der Waals surface area (Å²) in [6.07, 6.45) is 7.35. The van der Waals surface area contributed by atoms with Crippen molar-refractivity contribution in [3.05, 3.63) is 35.4 Å². The van der Waals surface area contributed by atoms with Gasteiger partial charge in [0.2, 0.25) is 5.91 Å². The number of halogens is 1. The van der Waals surface area contributed by atoms with E-state index in [4.69, 9.17) is 5.73 Å². The van der Waals surface area contributed by atoms with Gasteiger partial charge in [-0.25, -0.2) is 0 Å². The van der Waals surface area contributed by atoms with Crippen molar-refractivity contribution in [1.29, 1.82) is 0 Å². The van der Waals surface area contributed by atoms with Gasteiger partial charge in [0.15, 0.2) is 0 Å². The minimum absolute atomic E-state index is 0. The van der Waals surface area contributed by atoms with Crippen LogP contribution in [-0.2, 0) is 11.3 Å². The van der Waals surface area contributed by atoms with E-state index in [-0.39, 0.29) is 12.4 Å². The first-order chi connectivity index (χ1) is 11.1. The third-order valence-electron chi connectivity index (χ3n) is 4.65. The third-order valence-corrected chi connectivity index (χ3v) is 4.65. The first kappa shape index (κ1) is 21.0. The molecule has 2 rings (SSSR count). The maximum absolute atomic E-state index is 12.5. The zero-order valence-corrected chi connectivity index (χ0v) is 16.0. The van der Waals surface area contributed by atoms with Crippen molar-refractivity contribution >= 4 is 18.3 Å². The highest BCUT2D eigenvalue weighted by Crippen LogP contribution is 2.29. The predicted octanol–water partition coefficient (Wildman–Crippen LogP) is 4.63. The molecule has 1 amide bonds. The second kappa shape index (κ2) is 10.7. The molecule has 0 aliphatic heterocycles. The van der Waals surface area contributed by atoms with Gasteiger partial charge >= 0.3 is 0 Å². The van der Waals surface area contributed by atoms with Crippen molar-refractivity contribution < 1.29 is 4.79 Å². The van der Waals surface area contributed by atoms with E-state index in [1.165, 1.54) is 24.0 Å². The van der Waals surface area contributed by atoms with Gasteiger partial charge in [-0.15, -0.1) is 12.4 Å². The van der Waals surface area contributed by atoms with E-state index in [0.717, 1.165) is 38.8 Å². The van der Waals surface area contributed by atoms with Crippen molar-refractivity contribution in [2.45, 2.75) is 77.3 Å². The number of carbonyl (C=O) groups excluding carboxylic acids is 1. The quantitative estimate of drug-likeness (QED) is 0.624. The average Bonchev–Trinajstić information content (AvgIpc) is 3.37. The van der Waals surface area contributed by atoms with Crippen LogP contribution in [0.25, 0.3) is 0 Å². The molecule has 0 atom stereocenters. The number of benzene rings is 1. The zero-order valence-electron chi connectivity index (χ0n) is 15.2. The van der Waals surface area contributed by atoms with Crippen LogP contribution in [0.3, 0.4) is 0 Å². The molecule has 0 aromatic heterocycles. The van der Waals surface area contributed by atoms with E-state index in [0.29, 0.717) is 24.3 Å². The molecular formula is C20H33ClN2O. The summed E-state index contributed by atoms with van der Waals surface area (Å²) in [4.78, 5) is 14.6. The van der Waals surface area contributed by atoms with Crippen LogP contribution in [0.1, 0.15) is 75.8 Å². The molecule has 0 unspecified atom stereocenters. The molecule has 1 saturated carbocycles. The minimum atomic E-state index is 0. The number of rotatable bonds is 10. The van der Waals surface area contributed by atoms with E-state index in [1.54, 1.807) is 0 Å². The lowest BCUT2D eigenvalue weighted by Gasteiger charge is -2.23. The van der Waals surface area contributed by atoms with Crippen molar-refractivity contribution in [3.63, 3.8) is 0 Å². The molecule has 0 radical (unpaired) electrons. The highest BCUT2D eigenvalue weighted by Gasteiger charge is 2.32. The first-order valence-electron chi connectivity index (χ1n) is 9.20.